The summed E-state index contributed by atoms with van der Waals surface area (Å²) in [7, 11) is 0. The summed E-state index contributed by atoms with van der Waals surface area (Å²) in [6, 6.07) is 0. The Bertz CT molecular complexity index is 149. The Morgan fingerprint density at radius 1 is 1.73 bits per heavy atom. The number of nitrogens with two attached hydrogens (primary N) is 1. The number of carbonyl (C=O) groups is 1. The number of hydrogen-bond donors (Lipinski definition) is 1. The zero-order valence-corrected chi connectivity index (χ0v) is 6.58. The van der Waals surface area contributed by atoms with E-state index in [1.54, 1.807) is 0 Å². The van der Waals surface area contributed by atoms with E-state index in [2.05, 4.69) is 0 Å². The first-order valence-corrected chi connectivity index (χ1v) is 3.76. The van der Waals surface area contributed by atoms with Gasteiger partial charge in [0.25, 0.3) is 0 Å². The van der Waals surface area contributed by atoms with Gasteiger partial charge in [-0.25, -0.2) is 4.79 Å². The molecule has 1 saturated heterocycles. The van der Waals surface area contributed by atoms with Crippen molar-refractivity contribution < 1.29 is 14.3 Å². The third kappa shape index (κ3) is 2.76. The average molecular weight is 159 g/mol. The van der Waals surface area contributed by atoms with Crippen LogP contribution in [-0.4, -0.2) is 24.9 Å². The van der Waals surface area contributed by atoms with Crippen LogP contribution in [0.5, 0.6) is 0 Å². The van der Waals surface area contributed by atoms with Crippen LogP contribution in [0.15, 0.2) is 0 Å². The van der Waals surface area contributed by atoms with Gasteiger partial charge < -0.3 is 15.2 Å². The molecule has 2 N–H and O–H groups in total. The molecule has 0 radical (unpaired) electrons. The van der Waals surface area contributed by atoms with Gasteiger partial charge in [0.05, 0.1) is 12.7 Å². The van der Waals surface area contributed by atoms with Crippen LogP contribution in [0.25, 0.3) is 0 Å². The highest BCUT2D eigenvalue weighted by Gasteiger charge is 2.21. The van der Waals surface area contributed by atoms with Crippen molar-refractivity contribution in [3.8, 4) is 0 Å². The van der Waals surface area contributed by atoms with Crippen molar-refractivity contribution in [3.63, 3.8) is 0 Å². The molecule has 1 heterocycles. The van der Waals surface area contributed by atoms with Crippen LogP contribution in [0.2, 0.25) is 0 Å². The molecule has 2 atom stereocenters. The van der Waals surface area contributed by atoms with Crippen LogP contribution in [-0.2, 0) is 9.47 Å². The largest absolute Gasteiger partial charge is 0.446 e. The normalized spacial score (nSPS) is 31.4. The average Bonchev–Trinajstić information content (AvgIpc) is 1.85. The Morgan fingerprint density at radius 2 is 2.45 bits per heavy atom. The van der Waals surface area contributed by atoms with Gasteiger partial charge in [-0.15, -0.1) is 0 Å². The predicted octanol–water partition coefficient (Wildman–Crippen LogP) is 0.649. The summed E-state index contributed by atoms with van der Waals surface area (Å²) in [5, 5.41) is 0. The number of rotatable bonds is 1. The molecule has 1 aliphatic heterocycles. The molecule has 0 aliphatic carbocycles. The molecule has 1 aliphatic rings. The van der Waals surface area contributed by atoms with Crippen LogP contribution in [0, 0.1) is 0 Å². The summed E-state index contributed by atoms with van der Waals surface area (Å²) >= 11 is 0. The first kappa shape index (κ1) is 8.33. The minimum Gasteiger partial charge on any atom is -0.446 e. The van der Waals surface area contributed by atoms with E-state index >= 15 is 0 Å². The van der Waals surface area contributed by atoms with E-state index in [9.17, 15) is 4.79 Å². The minimum absolute atomic E-state index is 0.0451. The molecule has 4 nitrogen and oxygen atoms in total. The highest BCUT2D eigenvalue weighted by molar-refractivity contribution is 5.64. The van der Waals surface area contributed by atoms with Crippen LogP contribution in [0.3, 0.4) is 0 Å². The summed E-state index contributed by atoms with van der Waals surface area (Å²) < 4.78 is 10.1. The minimum atomic E-state index is -0.691. The van der Waals surface area contributed by atoms with Gasteiger partial charge in [-0.05, 0) is 6.92 Å². The van der Waals surface area contributed by atoms with Gasteiger partial charge in [0, 0.05) is 12.8 Å². The predicted molar refractivity (Wildman–Crippen MR) is 39.1 cm³/mol. The van der Waals surface area contributed by atoms with E-state index in [4.69, 9.17) is 15.2 Å². The van der Waals surface area contributed by atoms with Crippen LogP contribution < -0.4 is 5.73 Å². The van der Waals surface area contributed by atoms with Crippen molar-refractivity contribution >= 4 is 6.09 Å². The summed E-state index contributed by atoms with van der Waals surface area (Å²) in [6.07, 6.45) is 0.949. The molecule has 0 saturated carbocycles. The van der Waals surface area contributed by atoms with E-state index in [0.29, 0.717) is 6.61 Å². The SMILES string of the molecule is CC1CC(OC(N)=O)CCO1. The first-order valence-electron chi connectivity index (χ1n) is 3.76. The molecule has 11 heavy (non-hydrogen) atoms. The second kappa shape index (κ2) is 3.57. The van der Waals surface area contributed by atoms with Gasteiger partial charge in [-0.1, -0.05) is 0 Å². The number of amides is 1. The Kier molecular flexibility index (Phi) is 2.70. The van der Waals surface area contributed by atoms with E-state index in [-0.39, 0.29) is 12.2 Å². The summed E-state index contributed by atoms with van der Waals surface area (Å²) in [4.78, 5) is 10.3. The molecular weight excluding hydrogens is 146 g/mol. The van der Waals surface area contributed by atoms with Crippen molar-refractivity contribution in [2.75, 3.05) is 6.61 Å². The maximum Gasteiger partial charge on any atom is 0.404 e. The zero-order valence-electron chi connectivity index (χ0n) is 6.58. The smallest absolute Gasteiger partial charge is 0.404 e. The van der Waals surface area contributed by atoms with Crippen molar-refractivity contribution in [1.82, 2.24) is 0 Å². The van der Waals surface area contributed by atoms with Gasteiger partial charge in [0.1, 0.15) is 6.10 Å². The number of primary amides is 1. The highest BCUT2D eigenvalue weighted by Crippen LogP contribution is 2.15. The van der Waals surface area contributed by atoms with Gasteiger partial charge in [0.15, 0.2) is 0 Å². The van der Waals surface area contributed by atoms with Crippen molar-refractivity contribution in [2.45, 2.75) is 32.0 Å². The molecule has 0 aromatic heterocycles. The number of hydrogen-bond acceptors (Lipinski definition) is 3. The third-order valence-corrected chi connectivity index (χ3v) is 1.72. The zero-order chi connectivity index (χ0) is 8.27. The van der Waals surface area contributed by atoms with Crippen LogP contribution in [0.4, 0.5) is 4.79 Å². The number of carbonyl (C=O) groups excluding carboxylic acids is 1. The molecular formula is C7H13NO3. The van der Waals surface area contributed by atoms with E-state index < -0.39 is 6.09 Å². The molecule has 64 valence electrons. The summed E-state index contributed by atoms with van der Waals surface area (Å²) in [5.41, 5.74) is 4.87. The molecule has 0 spiro atoms. The molecule has 0 aromatic rings. The summed E-state index contributed by atoms with van der Waals surface area (Å²) in [5.74, 6) is 0. The van der Waals surface area contributed by atoms with Crippen LogP contribution in [0.1, 0.15) is 19.8 Å². The molecule has 0 bridgehead atoms. The first-order chi connectivity index (χ1) is 5.18. The van der Waals surface area contributed by atoms with E-state index in [0.717, 1.165) is 12.8 Å². The molecule has 0 aromatic carbocycles. The van der Waals surface area contributed by atoms with Crippen LogP contribution >= 0.6 is 0 Å². The lowest BCUT2D eigenvalue weighted by atomic mass is 10.1. The summed E-state index contributed by atoms with van der Waals surface area (Å²) in [6.45, 7) is 2.61. The monoisotopic (exact) mass is 159 g/mol. The van der Waals surface area contributed by atoms with Gasteiger partial charge in [-0.2, -0.15) is 0 Å². The fourth-order valence-corrected chi connectivity index (χ4v) is 1.23. The lowest BCUT2D eigenvalue weighted by Gasteiger charge is -2.26. The van der Waals surface area contributed by atoms with Gasteiger partial charge >= 0.3 is 6.09 Å². The molecule has 1 fully saturated rings. The van der Waals surface area contributed by atoms with E-state index in [1.807, 2.05) is 6.92 Å². The van der Waals surface area contributed by atoms with Crippen molar-refractivity contribution in [2.24, 2.45) is 5.73 Å². The maximum atomic E-state index is 10.3. The quantitative estimate of drug-likeness (QED) is 0.611. The Morgan fingerprint density at radius 3 is 3.00 bits per heavy atom. The highest BCUT2D eigenvalue weighted by atomic mass is 16.6. The van der Waals surface area contributed by atoms with Gasteiger partial charge in [-0.3, -0.25) is 0 Å². The standard InChI is InChI=1S/C7H13NO3/c1-5-4-6(2-3-10-5)11-7(8)9/h5-6H,2-4H2,1H3,(H2,8,9). The Hall–Kier alpha value is -0.770. The third-order valence-electron chi connectivity index (χ3n) is 1.72. The molecule has 4 heteroatoms. The Balaban J connectivity index is 2.28. The number of ether oxygens (including phenoxy) is 2. The maximum absolute atomic E-state index is 10.3. The molecule has 2 unspecified atom stereocenters. The van der Waals surface area contributed by atoms with Crippen molar-refractivity contribution in [1.29, 1.82) is 0 Å². The second-order valence-corrected chi connectivity index (χ2v) is 2.76. The fourth-order valence-electron chi connectivity index (χ4n) is 1.23. The topological polar surface area (TPSA) is 61.5 Å². The van der Waals surface area contributed by atoms with Crippen molar-refractivity contribution in [3.05, 3.63) is 0 Å². The lowest BCUT2D eigenvalue weighted by Crippen LogP contribution is -2.32. The molecule has 1 amide bonds. The van der Waals surface area contributed by atoms with E-state index in [1.165, 1.54) is 0 Å². The lowest BCUT2D eigenvalue weighted by molar-refractivity contribution is -0.0382. The second-order valence-electron chi connectivity index (χ2n) is 2.76. The van der Waals surface area contributed by atoms with Gasteiger partial charge in [0.2, 0.25) is 0 Å². The molecule has 1 rings (SSSR count). The Labute approximate surface area is 65.7 Å². The fraction of sp³-hybridized carbons (Fsp3) is 0.857.